The number of rotatable bonds is 9. The Morgan fingerprint density at radius 3 is 2.33 bits per heavy atom. The van der Waals surface area contributed by atoms with Crippen LogP contribution in [-0.2, 0) is 31.3 Å². The first-order valence-corrected chi connectivity index (χ1v) is 16.7. The van der Waals surface area contributed by atoms with E-state index in [9.17, 15) is 31.1 Å². The van der Waals surface area contributed by atoms with Crippen LogP contribution in [0.25, 0.3) is 0 Å². The van der Waals surface area contributed by atoms with Gasteiger partial charge >= 0.3 is 0 Å². The summed E-state index contributed by atoms with van der Waals surface area (Å²) in [6.07, 6.45) is -0.908. The standard InChI is InChI=1S/C29H33ClFN3O7S2/c1-19-16-34(20(2)18-35)29(36)15-21-14-24(32-42(37,38)25-9-4-22(30)5-10-25)8-13-27(21)41-28(19)17-33(3)43(39,40)26-11-6-23(31)7-12-26/h4-14,19-20,28,32,35H,15-18H2,1-3H3/t19-,20-,28-/m1/s1. The predicted molar refractivity (Wildman–Crippen MR) is 160 cm³/mol. The van der Waals surface area contributed by atoms with Gasteiger partial charge in [-0.2, -0.15) is 4.31 Å². The van der Waals surface area contributed by atoms with E-state index >= 15 is 0 Å². The number of carbonyl (C=O) groups excluding carboxylic acids is 1. The van der Waals surface area contributed by atoms with Gasteiger partial charge in [-0.1, -0.05) is 18.5 Å². The summed E-state index contributed by atoms with van der Waals surface area (Å²) in [5.41, 5.74) is 0.561. The summed E-state index contributed by atoms with van der Waals surface area (Å²) < 4.78 is 75.8. The molecule has 232 valence electrons. The first-order valence-electron chi connectivity index (χ1n) is 13.4. The van der Waals surface area contributed by atoms with Gasteiger partial charge in [0.05, 0.1) is 35.4 Å². The Hall–Kier alpha value is -3.23. The van der Waals surface area contributed by atoms with Gasteiger partial charge in [0.15, 0.2) is 0 Å². The molecule has 0 unspecified atom stereocenters. The smallest absolute Gasteiger partial charge is 0.261 e. The number of likely N-dealkylation sites (N-methyl/N-ethyl adjacent to an activating group) is 1. The third-order valence-electron chi connectivity index (χ3n) is 7.25. The summed E-state index contributed by atoms with van der Waals surface area (Å²) >= 11 is 5.89. The lowest BCUT2D eigenvalue weighted by Gasteiger charge is -2.33. The van der Waals surface area contributed by atoms with Crippen LogP contribution in [0.15, 0.2) is 76.5 Å². The number of anilines is 1. The zero-order chi connectivity index (χ0) is 31.5. The highest BCUT2D eigenvalue weighted by atomic mass is 35.5. The quantitative estimate of drug-likeness (QED) is 0.359. The van der Waals surface area contributed by atoms with Crippen molar-refractivity contribution in [2.45, 2.75) is 42.2 Å². The molecule has 1 aliphatic heterocycles. The van der Waals surface area contributed by atoms with Gasteiger partial charge in [-0.25, -0.2) is 21.2 Å². The van der Waals surface area contributed by atoms with Gasteiger partial charge in [0.25, 0.3) is 10.0 Å². The van der Waals surface area contributed by atoms with E-state index in [-0.39, 0.29) is 53.3 Å². The van der Waals surface area contributed by atoms with Crippen LogP contribution in [0.1, 0.15) is 19.4 Å². The second-order valence-corrected chi connectivity index (χ2v) is 14.7. The first-order chi connectivity index (χ1) is 20.2. The summed E-state index contributed by atoms with van der Waals surface area (Å²) in [7, 11) is -6.60. The van der Waals surface area contributed by atoms with Crippen LogP contribution >= 0.6 is 11.6 Å². The maximum Gasteiger partial charge on any atom is 0.261 e. The van der Waals surface area contributed by atoms with Gasteiger partial charge < -0.3 is 14.7 Å². The lowest BCUT2D eigenvalue weighted by molar-refractivity contribution is -0.134. The Bertz CT molecular complexity index is 1670. The van der Waals surface area contributed by atoms with Crippen molar-refractivity contribution >= 4 is 43.2 Å². The molecular weight excluding hydrogens is 621 g/mol. The van der Waals surface area contributed by atoms with Crippen molar-refractivity contribution in [3.63, 3.8) is 0 Å². The molecule has 0 fully saturated rings. The fourth-order valence-electron chi connectivity index (χ4n) is 4.68. The Morgan fingerprint density at radius 2 is 1.70 bits per heavy atom. The second-order valence-electron chi connectivity index (χ2n) is 10.5. The number of aliphatic hydroxyl groups excluding tert-OH is 1. The zero-order valence-corrected chi connectivity index (χ0v) is 26.2. The molecule has 0 aromatic heterocycles. The van der Waals surface area contributed by atoms with Crippen molar-refractivity contribution in [1.82, 2.24) is 9.21 Å². The van der Waals surface area contributed by atoms with Crippen LogP contribution in [0, 0.1) is 11.7 Å². The van der Waals surface area contributed by atoms with Gasteiger partial charge in [-0.3, -0.25) is 9.52 Å². The van der Waals surface area contributed by atoms with Crippen molar-refractivity contribution in [3.05, 3.63) is 83.1 Å². The number of halogens is 2. The molecule has 3 aromatic carbocycles. The number of ether oxygens (including phenoxy) is 1. The summed E-state index contributed by atoms with van der Waals surface area (Å²) in [6, 6.07) is 14.1. The molecule has 2 N–H and O–H groups in total. The Balaban J connectivity index is 1.68. The van der Waals surface area contributed by atoms with Crippen LogP contribution in [0.5, 0.6) is 5.75 Å². The number of benzene rings is 3. The van der Waals surface area contributed by atoms with E-state index < -0.39 is 43.9 Å². The highest BCUT2D eigenvalue weighted by Crippen LogP contribution is 2.31. The van der Waals surface area contributed by atoms with Crippen molar-refractivity contribution in [2.75, 3.05) is 31.5 Å². The number of sulfonamides is 2. The number of fused-ring (bicyclic) bond motifs is 1. The molecule has 0 bridgehead atoms. The van der Waals surface area contributed by atoms with Crippen molar-refractivity contribution < 1.29 is 35.9 Å². The van der Waals surface area contributed by atoms with E-state index in [4.69, 9.17) is 16.3 Å². The highest BCUT2D eigenvalue weighted by molar-refractivity contribution is 7.92. The topological polar surface area (TPSA) is 133 Å². The van der Waals surface area contributed by atoms with Crippen LogP contribution in [0.2, 0.25) is 5.02 Å². The normalized spacial score (nSPS) is 18.7. The first kappa shape index (κ1) is 32.7. The van der Waals surface area contributed by atoms with Crippen LogP contribution in [-0.4, -0.2) is 75.9 Å². The number of hydrogen-bond donors (Lipinski definition) is 2. The Labute approximate surface area is 256 Å². The van der Waals surface area contributed by atoms with Gasteiger partial charge in [0, 0.05) is 35.8 Å². The molecule has 0 spiro atoms. The van der Waals surface area contributed by atoms with Crippen LogP contribution in [0.3, 0.4) is 0 Å². The molecule has 43 heavy (non-hydrogen) atoms. The van der Waals surface area contributed by atoms with Gasteiger partial charge in [-0.05, 0) is 73.7 Å². The largest absolute Gasteiger partial charge is 0.488 e. The third-order valence-corrected chi connectivity index (χ3v) is 10.7. The molecule has 3 aromatic rings. The minimum Gasteiger partial charge on any atom is -0.488 e. The molecule has 1 amide bonds. The molecule has 14 heteroatoms. The minimum atomic E-state index is -4.01. The molecule has 0 aliphatic carbocycles. The number of aliphatic hydroxyl groups is 1. The van der Waals surface area contributed by atoms with E-state index in [0.717, 1.165) is 16.4 Å². The molecular formula is C29H33ClFN3O7S2. The molecule has 0 radical (unpaired) electrons. The Kier molecular flexibility index (Phi) is 10.0. The summed E-state index contributed by atoms with van der Waals surface area (Å²) in [5, 5.41) is 10.2. The second kappa shape index (κ2) is 13.2. The third kappa shape index (κ3) is 7.65. The molecule has 1 heterocycles. The number of carbonyl (C=O) groups is 1. The lowest BCUT2D eigenvalue weighted by atomic mass is 10.0. The molecule has 0 saturated heterocycles. The lowest BCUT2D eigenvalue weighted by Crippen LogP contribution is -2.48. The minimum absolute atomic E-state index is 0.00463. The zero-order valence-electron chi connectivity index (χ0n) is 23.8. The molecule has 4 rings (SSSR count). The summed E-state index contributed by atoms with van der Waals surface area (Å²) in [4.78, 5) is 14.9. The average Bonchev–Trinajstić information content (AvgIpc) is 3.00. The molecule has 3 atom stereocenters. The monoisotopic (exact) mass is 653 g/mol. The molecule has 0 saturated carbocycles. The fraction of sp³-hybridized carbons (Fsp3) is 0.345. The highest BCUT2D eigenvalue weighted by Gasteiger charge is 2.33. The SMILES string of the molecule is C[C@@H]1CN([C@H](C)CO)C(=O)Cc2cc(NS(=O)(=O)c3ccc(Cl)cc3)ccc2O[C@@H]1CN(C)S(=O)(=O)c1ccc(F)cc1. The summed E-state index contributed by atoms with van der Waals surface area (Å²) in [5.74, 6) is -0.989. The fourth-order valence-corrected chi connectivity index (χ4v) is 7.04. The van der Waals surface area contributed by atoms with Crippen molar-refractivity contribution in [2.24, 2.45) is 5.92 Å². The van der Waals surface area contributed by atoms with Crippen molar-refractivity contribution in [1.29, 1.82) is 0 Å². The predicted octanol–water partition coefficient (Wildman–Crippen LogP) is 3.75. The summed E-state index contributed by atoms with van der Waals surface area (Å²) in [6.45, 7) is 3.27. The van der Waals surface area contributed by atoms with Crippen LogP contribution in [0.4, 0.5) is 10.1 Å². The van der Waals surface area contributed by atoms with E-state index in [1.54, 1.807) is 6.92 Å². The van der Waals surface area contributed by atoms with E-state index in [1.807, 2.05) is 6.92 Å². The van der Waals surface area contributed by atoms with E-state index in [1.165, 1.54) is 66.5 Å². The van der Waals surface area contributed by atoms with E-state index in [2.05, 4.69) is 4.72 Å². The number of nitrogens with one attached hydrogen (secondary N) is 1. The maximum absolute atomic E-state index is 13.5. The number of amides is 1. The molecule has 1 aliphatic rings. The molecule has 10 nitrogen and oxygen atoms in total. The average molecular weight is 654 g/mol. The van der Waals surface area contributed by atoms with Crippen LogP contribution < -0.4 is 9.46 Å². The van der Waals surface area contributed by atoms with Gasteiger partial charge in [0.1, 0.15) is 17.7 Å². The van der Waals surface area contributed by atoms with Gasteiger partial charge in [0.2, 0.25) is 15.9 Å². The van der Waals surface area contributed by atoms with E-state index in [0.29, 0.717) is 10.6 Å². The Morgan fingerprint density at radius 1 is 1.07 bits per heavy atom. The van der Waals surface area contributed by atoms with Gasteiger partial charge in [-0.15, -0.1) is 0 Å². The number of nitrogens with zero attached hydrogens (tertiary/aromatic N) is 2. The maximum atomic E-state index is 13.5. The number of hydrogen-bond acceptors (Lipinski definition) is 7. The van der Waals surface area contributed by atoms with Crippen molar-refractivity contribution in [3.8, 4) is 5.75 Å².